The summed E-state index contributed by atoms with van der Waals surface area (Å²) in [7, 11) is 7.08. The van der Waals surface area contributed by atoms with Crippen molar-refractivity contribution >= 4 is 19.8 Å². The van der Waals surface area contributed by atoms with Crippen molar-refractivity contribution in [1.29, 1.82) is 0 Å². The second-order valence-electron chi connectivity index (χ2n) is 3.73. The van der Waals surface area contributed by atoms with Crippen molar-refractivity contribution in [1.82, 2.24) is 9.34 Å². The molecule has 6 heteroatoms. The summed E-state index contributed by atoms with van der Waals surface area (Å²) >= 11 is 0. The van der Waals surface area contributed by atoms with Gasteiger partial charge < -0.3 is 5.73 Å². The molecule has 0 heterocycles. The average Bonchev–Trinajstić information content (AvgIpc) is 2.20. The zero-order chi connectivity index (χ0) is 12.1. The van der Waals surface area contributed by atoms with Gasteiger partial charge in [-0.25, -0.2) is 4.62 Å². The highest BCUT2D eigenvalue weighted by atomic mass is 31.2. The third kappa shape index (κ3) is 3.61. The van der Waals surface area contributed by atoms with E-state index in [1.807, 2.05) is 61.8 Å². The van der Waals surface area contributed by atoms with Gasteiger partial charge in [-0.1, -0.05) is 12.1 Å². The first kappa shape index (κ1) is 13.2. The largest absolute Gasteiger partial charge is 0.397 e. The highest BCUT2D eigenvalue weighted by Crippen LogP contribution is 2.40. The van der Waals surface area contributed by atoms with Gasteiger partial charge in [0, 0.05) is 0 Å². The second-order valence-corrected chi connectivity index (χ2v) is 6.02. The Hall–Kier alpha value is -0.870. The quantitative estimate of drug-likeness (QED) is 0.469. The fraction of sp³-hybridized carbons (Fsp3) is 0.400. The van der Waals surface area contributed by atoms with Crippen molar-refractivity contribution in [2.45, 2.75) is 0 Å². The molecule has 0 aliphatic rings. The fourth-order valence-electron chi connectivity index (χ4n) is 1.20. The molecule has 0 saturated carbocycles. The number of hydrogen-bond acceptors (Lipinski definition) is 5. The number of nitrogen functional groups attached to an aromatic ring is 1. The summed E-state index contributed by atoms with van der Waals surface area (Å²) in [6, 6.07) is 7.52. The Morgan fingerprint density at radius 2 is 1.69 bits per heavy atom. The van der Waals surface area contributed by atoms with Gasteiger partial charge in [0.2, 0.25) is 8.45 Å². The van der Waals surface area contributed by atoms with Crippen LogP contribution in [0.25, 0.3) is 0 Å². The highest BCUT2D eigenvalue weighted by Gasteiger charge is 2.16. The highest BCUT2D eigenvalue weighted by molar-refractivity contribution is 7.47. The van der Waals surface area contributed by atoms with Crippen LogP contribution in [0.3, 0.4) is 0 Å². The minimum absolute atomic E-state index is 0.676. The average molecular weight is 242 g/mol. The third-order valence-electron chi connectivity index (χ3n) is 1.88. The molecule has 0 aliphatic heterocycles. The Kier molecular flexibility index (Phi) is 4.96. The first-order valence-corrected chi connectivity index (χ1v) is 6.11. The summed E-state index contributed by atoms with van der Waals surface area (Å²) in [4.78, 5) is 0. The Morgan fingerprint density at radius 1 is 1.12 bits per heavy atom. The van der Waals surface area contributed by atoms with Gasteiger partial charge in [0.25, 0.3) is 0 Å². The molecule has 1 rings (SSSR count). The SMILES string of the molecule is CN(C)P(ONc1ccccc1N)N(C)C. The topological polar surface area (TPSA) is 53.8 Å². The molecule has 0 unspecified atom stereocenters. The summed E-state index contributed by atoms with van der Waals surface area (Å²) in [5.74, 6) is 0. The zero-order valence-electron chi connectivity index (χ0n) is 10.1. The monoisotopic (exact) mass is 242 g/mol. The van der Waals surface area contributed by atoms with Crippen molar-refractivity contribution < 1.29 is 4.62 Å². The predicted molar refractivity (Wildman–Crippen MR) is 69.9 cm³/mol. The molecular weight excluding hydrogens is 223 g/mol. The Bertz CT molecular complexity index is 324. The minimum Gasteiger partial charge on any atom is -0.397 e. The van der Waals surface area contributed by atoms with Crippen LogP contribution >= 0.6 is 8.45 Å². The van der Waals surface area contributed by atoms with E-state index >= 15 is 0 Å². The van der Waals surface area contributed by atoms with Gasteiger partial charge >= 0.3 is 0 Å². The summed E-state index contributed by atoms with van der Waals surface area (Å²) < 4.78 is 9.65. The second kappa shape index (κ2) is 6.01. The molecule has 0 fully saturated rings. The van der Waals surface area contributed by atoms with Gasteiger partial charge in [-0.05, 0) is 40.3 Å². The van der Waals surface area contributed by atoms with Crippen molar-refractivity contribution in [3.05, 3.63) is 24.3 Å². The minimum atomic E-state index is -0.815. The van der Waals surface area contributed by atoms with E-state index in [9.17, 15) is 0 Å². The van der Waals surface area contributed by atoms with Crippen LogP contribution in [-0.2, 0) is 4.62 Å². The predicted octanol–water partition coefficient (Wildman–Crippen LogP) is 1.96. The van der Waals surface area contributed by atoms with Gasteiger partial charge in [-0.15, -0.1) is 0 Å². The lowest BCUT2D eigenvalue weighted by molar-refractivity contribution is 0.364. The molecule has 0 saturated heterocycles. The van der Waals surface area contributed by atoms with Crippen LogP contribution in [0.15, 0.2) is 24.3 Å². The molecule has 0 amide bonds. The normalized spacial score (nSPS) is 11.4. The van der Waals surface area contributed by atoms with Crippen molar-refractivity contribution in [2.75, 3.05) is 39.4 Å². The van der Waals surface area contributed by atoms with Gasteiger partial charge in [0.05, 0.1) is 11.4 Å². The molecular formula is C10H19N4OP. The van der Waals surface area contributed by atoms with Crippen LogP contribution in [0.2, 0.25) is 0 Å². The number of nitrogens with one attached hydrogen (secondary N) is 1. The molecule has 0 aromatic heterocycles. The Balaban J connectivity index is 2.59. The molecule has 0 atom stereocenters. The van der Waals surface area contributed by atoms with E-state index < -0.39 is 8.45 Å². The number of hydrogen-bond donors (Lipinski definition) is 2. The lowest BCUT2D eigenvalue weighted by Crippen LogP contribution is -2.20. The molecule has 0 aliphatic carbocycles. The summed E-state index contributed by atoms with van der Waals surface area (Å²) in [5.41, 5.74) is 10.2. The lowest BCUT2D eigenvalue weighted by Gasteiger charge is -2.28. The van der Waals surface area contributed by atoms with Crippen molar-refractivity contribution in [3.8, 4) is 0 Å². The Labute approximate surface area is 98.1 Å². The first-order chi connectivity index (χ1) is 7.52. The standard InChI is InChI=1S/C10H19N4OP/c1-13(2)16(14(3)4)15-12-10-8-6-5-7-9(10)11/h5-8,12H,11H2,1-4H3. The molecule has 0 radical (unpaired) electrons. The molecule has 0 bridgehead atoms. The molecule has 1 aromatic rings. The molecule has 90 valence electrons. The van der Waals surface area contributed by atoms with E-state index in [0.29, 0.717) is 5.69 Å². The van der Waals surface area contributed by atoms with Crippen LogP contribution in [-0.4, -0.2) is 37.5 Å². The number of anilines is 2. The summed E-state index contributed by atoms with van der Waals surface area (Å²) in [6.45, 7) is 0. The van der Waals surface area contributed by atoms with Crippen LogP contribution in [0.4, 0.5) is 11.4 Å². The smallest absolute Gasteiger partial charge is 0.215 e. The van der Waals surface area contributed by atoms with Crippen molar-refractivity contribution in [2.24, 2.45) is 0 Å². The maximum atomic E-state index is 5.80. The summed E-state index contributed by atoms with van der Waals surface area (Å²) in [6.07, 6.45) is 0. The molecule has 3 N–H and O–H groups in total. The Morgan fingerprint density at radius 3 is 2.19 bits per heavy atom. The molecule has 0 spiro atoms. The van der Waals surface area contributed by atoms with Gasteiger partial charge in [0.1, 0.15) is 0 Å². The molecule has 5 nitrogen and oxygen atoms in total. The number of para-hydroxylation sites is 2. The number of rotatable bonds is 5. The van der Waals surface area contributed by atoms with E-state index in [0.717, 1.165) is 5.69 Å². The third-order valence-corrected chi connectivity index (χ3v) is 3.51. The molecule has 16 heavy (non-hydrogen) atoms. The van der Waals surface area contributed by atoms with Gasteiger partial charge in [-0.2, -0.15) is 0 Å². The van der Waals surface area contributed by atoms with Gasteiger partial charge in [-0.3, -0.25) is 14.8 Å². The maximum absolute atomic E-state index is 5.80. The number of nitrogens with zero attached hydrogens (tertiary/aromatic N) is 2. The van der Waals surface area contributed by atoms with E-state index in [1.165, 1.54) is 0 Å². The maximum Gasteiger partial charge on any atom is 0.215 e. The van der Waals surface area contributed by atoms with E-state index in [2.05, 4.69) is 5.48 Å². The lowest BCUT2D eigenvalue weighted by atomic mass is 10.3. The van der Waals surface area contributed by atoms with E-state index in [-0.39, 0.29) is 0 Å². The van der Waals surface area contributed by atoms with Crippen molar-refractivity contribution in [3.63, 3.8) is 0 Å². The number of benzene rings is 1. The zero-order valence-corrected chi connectivity index (χ0v) is 11.0. The van der Waals surface area contributed by atoms with Crippen LogP contribution < -0.4 is 11.2 Å². The molecule has 1 aromatic carbocycles. The van der Waals surface area contributed by atoms with Crippen LogP contribution in [0.1, 0.15) is 0 Å². The summed E-state index contributed by atoms with van der Waals surface area (Å²) in [5, 5.41) is 0. The van der Waals surface area contributed by atoms with E-state index in [4.69, 9.17) is 10.4 Å². The van der Waals surface area contributed by atoms with E-state index in [1.54, 1.807) is 0 Å². The van der Waals surface area contributed by atoms with Crippen LogP contribution in [0, 0.1) is 0 Å². The number of nitrogens with two attached hydrogens (primary N) is 1. The fourth-order valence-corrected chi connectivity index (χ4v) is 2.42. The first-order valence-electron chi connectivity index (χ1n) is 4.94. The van der Waals surface area contributed by atoms with Gasteiger partial charge in [0.15, 0.2) is 0 Å². The van der Waals surface area contributed by atoms with Crippen LogP contribution in [0.5, 0.6) is 0 Å².